The Kier molecular flexibility index (Phi) is 13.4. The number of amides is 2. The van der Waals surface area contributed by atoms with Crippen LogP contribution in [0.5, 0.6) is 5.88 Å². The van der Waals surface area contributed by atoms with Crippen molar-refractivity contribution in [1.82, 2.24) is 19.9 Å². The van der Waals surface area contributed by atoms with Gasteiger partial charge in [-0.2, -0.15) is 4.31 Å². The quantitative estimate of drug-likeness (QED) is 0.160. The molecular weight excluding hydrogens is 721 g/mol. The van der Waals surface area contributed by atoms with E-state index in [9.17, 15) is 18.0 Å². The van der Waals surface area contributed by atoms with Gasteiger partial charge >= 0.3 is 6.09 Å². The molecule has 1 aliphatic heterocycles. The maximum Gasteiger partial charge on any atom is 0.406 e. The molecule has 2 heterocycles. The molecule has 3 N–H and O–H groups in total. The van der Waals surface area contributed by atoms with Gasteiger partial charge in [0.1, 0.15) is 5.82 Å². The number of sulfonamides is 1. The lowest BCUT2D eigenvalue weighted by Gasteiger charge is -2.31. The van der Waals surface area contributed by atoms with Gasteiger partial charge in [0.2, 0.25) is 21.8 Å². The maximum absolute atomic E-state index is 15.4. The molecule has 2 amide bonds. The Bertz CT molecular complexity index is 1940. The standard InChI is InChI=1S/C36H38ClFN4O4S.C3H7NO2/c1-46-35-17-12-26(21-40-35)31(25-10-13-27(37)14-11-25)20-34(43)41-33-9-5-8-32(38)30(33)16-15-28-22-39-23-36(18-19-36)24-42(28)47(44,45)29-6-3-2-4-7-29;1-4-3(5)6-2/h2-14,17,21,28,31,39H,15-16,18-20,22-24H2,1H3,(H,41,43);1-2H3,(H,4,5). The summed E-state index contributed by atoms with van der Waals surface area (Å²) >= 11 is 6.14. The van der Waals surface area contributed by atoms with Crippen LogP contribution < -0.4 is 20.7 Å². The van der Waals surface area contributed by atoms with Gasteiger partial charge < -0.3 is 25.4 Å². The molecule has 2 aliphatic rings. The predicted octanol–water partition coefficient (Wildman–Crippen LogP) is 6.39. The number of aromatic nitrogens is 1. The van der Waals surface area contributed by atoms with Gasteiger partial charge in [-0.25, -0.2) is 22.6 Å². The lowest BCUT2D eigenvalue weighted by molar-refractivity contribution is -0.116. The van der Waals surface area contributed by atoms with Crippen molar-refractivity contribution in [1.29, 1.82) is 0 Å². The fourth-order valence-electron chi connectivity index (χ4n) is 6.46. The first kappa shape index (κ1) is 39.6. The number of halogens is 2. The molecule has 1 saturated heterocycles. The summed E-state index contributed by atoms with van der Waals surface area (Å²) in [5, 5.41) is 9.26. The number of hydrogen-bond donors (Lipinski definition) is 3. The number of carbonyl (C=O) groups is 2. The van der Waals surface area contributed by atoms with Crippen LogP contribution in [0.15, 0.2) is 96.0 Å². The summed E-state index contributed by atoms with van der Waals surface area (Å²) in [4.78, 5) is 28.0. The normalized spacial score (nSPS) is 17.0. The van der Waals surface area contributed by atoms with E-state index in [2.05, 4.69) is 25.7 Å². The van der Waals surface area contributed by atoms with Gasteiger partial charge in [-0.1, -0.05) is 54.1 Å². The number of anilines is 1. The van der Waals surface area contributed by atoms with Gasteiger partial charge in [0, 0.05) is 73.6 Å². The van der Waals surface area contributed by atoms with E-state index in [1.165, 1.54) is 20.2 Å². The van der Waals surface area contributed by atoms with Gasteiger partial charge in [-0.3, -0.25) is 4.79 Å². The highest BCUT2D eigenvalue weighted by Gasteiger charge is 2.49. The van der Waals surface area contributed by atoms with E-state index in [1.54, 1.807) is 78.3 Å². The number of rotatable bonds is 11. The SMILES string of the molecule is CNC(=O)OC.COc1ccc(C(CC(=O)Nc2cccc(F)c2CCC2CNCC3(CC3)CN2S(=O)(=O)c2ccccc2)c2ccc(Cl)cc2)cn1. The van der Waals surface area contributed by atoms with Crippen molar-refractivity contribution in [3.05, 3.63) is 119 Å². The van der Waals surface area contributed by atoms with Crippen molar-refractivity contribution in [3.63, 3.8) is 0 Å². The minimum Gasteiger partial charge on any atom is -0.481 e. The molecule has 6 rings (SSSR count). The second kappa shape index (κ2) is 18.0. The zero-order chi connectivity index (χ0) is 38.0. The summed E-state index contributed by atoms with van der Waals surface area (Å²) in [5.74, 6) is -0.628. The molecule has 1 spiro atoms. The first-order chi connectivity index (χ1) is 25.5. The van der Waals surface area contributed by atoms with Crippen molar-refractivity contribution in [2.24, 2.45) is 5.41 Å². The molecule has 4 aromatic rings. The van der Waals surface area contributed by atoms with Crippen molar-refractivity contribution in [2.75, 3.05) is 46.2 Å². The molecule has 3 aromatic carbocycles. The van der Waals surface area contributed by atoms with Crippen LogP contribution >= 0.6 is 11.6 Å². The van der Waals surface area contributed by atoms with Gasteiger partial charge in [-0.15, -0.1) is 0 Å². The van der Waals surface area contributed by atoms with Gasteiger partial charge in [-0.05, 0) is 78.6 Å². The molecule has 11 nitrogen and oxygen atoms in total. The summed E-state index contributed by atoms with van der Waals surface area (Å²) in [6.45, 7) is 1.64. The van der Waals surface area contributed by atoms with Crippen LogP contribution in [-0.2, 0) is 26.0 Å². The van der Waals surface area contributed by atoms with Gasteiger partial charge in [0.15, 0.2) is 0 Å². The zero-order valence-electron chi connectivity index (χ0n) is 30.0. The maximum atomic E-state index is 15.4. The Balaban J connectivity index is 0.000000833. The minimum absolute atomic E-state index is 0.0617. The molecule has 2 unspecified atom stereocenters. The minimum atomic E-state index is -3.77. The molecule has 282 valence electrons. The highest BCUT2D eigenvalue weighted by atomic mass is 35.5. The third-order valence-electron chi connectivity index (χ3n) is 9.63. The van der Waals surface area contributed by atoms with E-state index >= 15 is 4.39 Å². The Labute approximate surface area is 315 Å². The Morgan fingerprint density at radius 3 is 2.34 bits per heavy atom. The zero-order valence-corrected chi connectivity index (χ0v) is 31.6. The third-order valence-corrected chi connectivity index (χ3v) is 11.8. The van der Waals surface area contributed by atoms with E-state index in [0.717, 1.165) is 30.5 Å². The first-order valence-corrected chi connectivity index (χ1v) is 19.2. The highest BCUT2D eigenvalue weighted by molar-refractivity contribution is 7.89. The fourth-order valence-corrected chi connectivity index (χ4v) is 8.37. The number of alkyl carbamates (subject to hydrolysis) is 1. The number of hydrogen-bond acceptors (Lipinski definition) is 8. The van der Waals surface area contributed by atoms with Crippen LogP contribution in [0, 0.1) is 11.2 Å². The van der Waals surface area contributed by atoms with Gasteiger partial charge in [0.05, 0.1) is 19.1 Å². The molecule has 0 radical (unpaired) electrons. The van der Waals surface area contributed by atoms with Crippen molar-refractivity contribution in [2.45, 2.75) is 49.0 Å². The number of ether oxygens (including phenoxy) is 2. The second-order valence-corrected chi connectivity index (χ2v) is 15.5. The van der Waals surface area contributed by atoms with E-state index in [1.807, 2.05) is 18.2 Å². The molecule has 1 aromatic heterocycles. The van der Waals surface area contributed by atoms with Gasteiger partial charge in [0.25, 0.3) is 0 Å². The Morgan fingerprint density at radius 1 is 1.02 bits per heavy atom. The van der Waals surface area contributed by atoms with Crippen LogP contribution in [0.2, 0.25) is 5.02 Å². The van der Waals surface area contributed by atoms with Crippen LogP contribution in [0.25, 0.3) is 0 Å². The number of nitrogens with zero attached hydrogens (tertiary/aromatic N) is 2. The molecule has 0 bridgehead atoms. The molecule has 2 fully saturated rings. The number of nitrogens with one attached hydrogen (secondary N) is 3. The summed E-state index contributed by atoms with van der Waals surface area (Å²) < 4.78 is 54.2. The number of methoxy groups -OCH3 is 2. The highest BCUT2D eigenvalue weighted by Crippen LogP contribution is 2.48. The van der Waals surface area contributed by atoms with Crippen LogP contribution in [0.3, 0.4) is 0 Å². The third kappa shape index (κ3) is 10.3. The number of benzene rings is 3. The lowest BCUT2D eigenvalue weighted by Crippen LogP contribution is -2.44. The summed E-state index contributed by atoms with van der Waals surface area (Å²) in [6.07, 6.45) is 3.91. The molecular formula is C39H45ClFN5O6S. The second-order valence-electron chi connectivity index (χ2n) is 13.2. The molecule has 53 heavy (non-hydrogen) atoms. The average molecular weight is 766 g/mol. The largest absolute Gasteiger partial charge is 0.481 e. The topological polar surface area (TPSA) is 139 Å². The molecule has 14 heteroatoms. The van der Waals surface area contributed by atoms with Crippen molar-refractivity contribution < 1.29 is 31.9 Å². The van der Waals surface area contributed by atoms with Crippen LogP contribution in [0.4, 0.5) is 14.9 Å². The average Bonchev–Trinajstić information content (AvgIpc) is 3.98. The monoisotopic (exact) mass is 765 g/mol. The number of carbonyl (C=O) groups excluding carboxylic acids is 2. The summed E-state index contributed by atoms with van der Waals surface area (Å²) in [7, 11) is 0.590. The fraction of sp³-hybridized carbons (Fsp3) is 0.359. The summed E-state index contributed by atoms with van der Waals surface area (Å²) in [6, 6.07) is 23.6. The molecule has 2 atom stereocenters. The first-order valence-electron chi connectivity index (χ1n) is 17.3. The summed E-state index contributed by atoms with van der Waals surface area (Å²) in [5.41, 5.74) is 2.35. The molecule has 1 saturated carbocycles. The molecule has 1 aliphatic carbocycles. The van der Waals surface area contributed by atoms with E-state index in [0.29, 0.717) is 41.7 Å². The lowest BCUT2D eigenvalue weighted by atomic mass is 9.89. The van der Waals surface area contributed by atoms with Crippen molar-refractivity contribution in [3.8, 4) is 5.88 Å². The van der Waals surface area contributed by atoms with E-state index in [-0.39, 0.29) is 41.0 Å². The Hall–Kier alpha value is -4.56. The van der Waals surface area contributed by atoms with E-state index < -0.39 is 21.9 Å². The predicted molar refractivity (Wildman–Crippen MR) is 202 cm³/mol. The smallest absolute Gasteiger partial charge is 0.406 e. The van der Waals surface area contributed by atoms with Crippen molar-refractivity contribution >= 4 is 39.3 Å². The Morgan fingerprint density at radius 2 is 1.74 bits per heavy atom. The van der Waals surface area contributed by atoms with Crippen LogP contribution in [0.1, 0.15) is 48.3 Å². The van der Waals surface area contributed by atoms with Crippen LogP contribution in [-0.4, -0.2) is 76.7 Å². The van der Waals surface area contributed by atoms with E-state index in [4.69, 9.17) is 16.3 Å². The number of pyridine rings is 1.